The van der Waals surface area contributed by atoms with Crippen LogP contribution in [0.1, 0.15) is 18.5 Å². The van der Waals surface area contributed by atoms with Crippen LogP contribution in [0, 0.1) is 0 Å². The molecule has 3 aromatic rings. The van der Waals surface area contributed by atoms with Gasteiger partial charge in [-0.25, -0.2) is 18.1 Å². The minimum Gasteiger partial charge on any atom is -0.306 e. The lowest BCUT2D eigenvalue weighted by atomic mass is 10.1. The van der Waals surface area contributed by atoms with Gasteiger partial charge in [-0.3, -0.25) is 0 Å². The summed E-state index contributed by atoms with van der Waals surface area (Å²) in [6.45, 7) is 1.80. The van der Waals surface area contributed by atoms with Gasteiger partial charge in [0.15, 0.2) is 0 Å². The average Bonchev–Trinajstić information content (AvgIpc) is 3.09. The monoisotopic (exact) mass is 361 g/mol. The standard InChI is InChI=1S/C17H16ClN3O2S/c1-13(20-24(22,23)17-4-2-3-15(18)11-17)14-5-7-16(8-6-14)21-10-9-19-12-21/h2-13,20H,1H3/t13-/m0/s1. The summed E-state index contributed by atoms with van der Waals surface area (Å²) in [6, 6.07) is 13.4. The molecule has 0 saturated carbocycles. The molecule has 0 fully saturated rings. The van der Waals surface area contributed by atoms with Crippen LogP contribution >= 0.6 is 11.6 Å². The summed E-state index contributed by atoms with van der Waals surface area (Å²) >= 11 is 5.87. The highest BCUT2D eigenvalue weighted by atomic mass is 35.5. The third-order valence-electron chi connectivity index (χ3n) is 3.63. The fourth-order valence-corrected chi connectivity index (χ4v) is 3.88. The minimum absolute atomic E-state index is 0.150. The summed E-state index contributed by atoms with van der Waals surface area (Å²) in [4.78, 5) is 4.16. The van der Waals surface area contributed by atoms with Crippen molar-refractivity contribution >= 4 is 21.6 Å². The highest BCUT2D eigenvalue weighted by molar-refractivity contribution is 7.89. The van der Waals surface area contributed by atoms with Gasteiger partial charge in [-0.1, -0.05) is 29.8 Å². The maximum Gasteiger partial charge on any atom is 0.241 e. The summed E-state index contributed by atoms with van der Waals surface area (Å²) in [5.41, 5.74) is 1.82. The van der Waals surface area contributed by atoms with E-state index in [0.29, 0.717) is 5.02 Å². The van der Waals surface area contributed by atoms with Gasteiger partial charge < -0.3 is 4.57 Å². The molecule has 0 unspecified atom stereocenters. The number of benzene rings is 2. The van der Waals surface area contributed by atoms with Crippen molar-refractivity contribution < 1.29 is 8.42 Å². The van der Waals surface area contributed by atoms with Crippen LogP contribution in [0.15, 0.2) is 72.1 Å². The highest BCUT2D eigenvalue weighted by Crippen LogP contribution is 2.20. The number of hydrogen-bond donors (Lipinski definition) is 1. The molecule has 0 aliphatic rings. The third-order valence-corrected chi connectivity index (χ3v) is 5.41. The van der Waals surface area contributed by atoms with Crippen LogP contribution in [0.2, 0.25) is 5.02 Å². The van der Waals surface area contributed by atoms with Crippen LogP contribution in [0.5, 0.6) is 0 Å². The topological polar surface area (TPSA) is 64.0 Å². The lowest BCUT2D eigenvalue weighted by Gasteiger charge is -2.15. The first-order valence-corrected chi connectivity index (χ1v) is 9.18. The van der Waals surface area contributed by atoms with E-state index in [1.807, 2.05) is 35.0 Å². The number of halogens is 1. The summed E-state index contributed by atoms with van der Waals surface area (Å²) in [5.74, 6) is 0. The highest BCUT2D eigenvalue weighted by Gasteiger charge is 2.18. The molecule has 0 bridgehead atoms. The average molecular weight is 362 g/mol. The Balaban J connectivity index is 1.78. The molecule has 3 rings (SSSR count). The first kappa shape index (κ1) is 16.7. The van der Waals surface area contributed by atoms with E-state index in [2.05, 4.69) is 9.71 Å². The van der Waals surface area contributed by atoms with Gasteiger partial charge >= 0.3 is 0 Å². The summed E-state index contributed by atoms with van der Waals surface area (Å²) in [7, 11) is -3.63. The van der Waals surface area contributed by atoms with Gasteiger partial charge in [-0.2, -0.15) is 0 Å². The Morgan fingerprint density at radius 3 is 2.54 bits per heavy atom. The quantitative estimate of drug-likeness (QED) is 0.755. The zero-order valence-electron chi connectivity index (χ0n) is 12.9. The number of nitrogens with zero attached hydrogens (tertiary/aromatic N) is 2. The Hall–Kier alpha value is -2.15. The maximum absolute atomic E-state index is 12.4. The van der Waals surface area contributed by atoms with Crippen molar-refractivity contribution in [3.8, 4) is 5.69 Å². The number of aromatic nitrogens is 2. The van der Waals surface area contributed by atoms with Crippen molar-refractivity contribution in [2.45, 2.75) is 17.9 Å². The molecule has 0 aliphatic heterocycles. The molecule has 1 atom stereocenters. The molecule has 0 radical (unpaired) electrons. The lowest BCUT2D eigenvalue weighted by Crippen LogP contribution is -2.26. The third kappa shape index (κ3) is 3.67. The van der Waals surface area contributed by atoms with Gasteiger partial charge in [0.2, 0.25) is 10.0 Å². The Morgan fingerprint density at radius 1 is 1.17 bits per heavy atom. The number of nitrogens with one attached hydrogen (secondary N) is 1. The Kier molecular flexibility index (Phi) is 4.71. The molecule has 2 aromatic carbocycles. The van der Waals surface area contributed by atoms with Crippen molar-refractivity contribution in [3.63, 3.8) is 0 Å². The Labute approximate surface area is 146 Å². The second kappa shape index (κ2) is 6.76. The van der Waals surface area contributed by atoms with Crippen molar-refractivity contribution in [2.24, 2.45) is 0 Å². The molecule has 0 aliphatic carbocycles. The van der Waals surface area contributed by atoms with E-state index in [1.165, 1.54) is 12.1 Å². The smallest absolute Gasteiger partial charge is 0.241 e. The molecule has 24 heavy (non-hydrogen) atoms. The van der Waals surface area contributed by atoms with E-state index >= 15 is 0 Å². The first-order chi connectivity index (χ1) is 11.5. The van der Waals surface area contributed by atoms with Gasteiger partial charge in [0.05, 0.1) is 11.2 Å². The number of rotatable bonds is 5. The number of sulfonamides is 1. The van der Waals surface area contributed by atoms with Crippen molar-refractivity contribution in [1.29, 1.82) is 0 Å². The molecule has 1 heterocycles. The lowest BCUT2D eigenvalue weighted by molar-refractivity contribution is 0.567. The molecule has 1 aromatic heterocycles. The SMILES string of the molecule is C[C@H](NS(=O)(=O)c1cccc(Cl)c1)c1ccc(-n2ccnc2)cc1. The summed E-state index contributed by atoms with van der Waals surface area (Å²) in [6.07, 6.45) is 5.26. The zero-order valence-corrected chi connectivity index (χ0v) is 14.5. The van der Waals surface area contributed by atoms with E-state index in [-0.39, 0.29) is 10.9 Å². The fraction of sp³-hybridized carbons (Fsp3) is 0.118. The second-order valence-corrected chi connectivity index (χ2v) is 7.51. The molecule has 5 nitrogen and oxygen atoms in total. The van der Waals surface area contributed by atoms with E-state index in [4.69, 9.17) is 11.6 Å². The molecule has 124 valence electrons. The first-order valence-electron chi connectivity index (χ1n) is 7.32. The normalized spacial score (nSPS) is 12.9. The Morgan fingerprint density at radius 2 is 1.92 bits per heavy atom. The minimum atomic E-state index is -3.63. The molecule has 1 N–H and O–H groups in total. The summed E-state index contributed by atoms with van der Waals surface area (Å²) in [5, 5.41) is 0.384. The maximum atomic E-state index is 12.4. The van der Waals surface area contributed by atoms with Crippen LogP contribution in [0.3, 0.4) is 0 Å². The van der Waals surface area contributed by atoms with Crippen molar-refractivity contribution in [3.05, 3.63) is 77.8 Å². The molecule has 0 amide bonds. The van der Waals surface area contributed by atoms with Crippen LogP contribution < -0.4 is 4.72 Å². The molecule has 0 saturated heterocycles. The fourth-order valence-electron chi connectivity index (χ4n) is 2.35. The van der Waals surface area contributed by atoms with Gasteiger partial charge in [0.25, 0.3) is 0 Å². The van der Waals surface area contributed by atoms with Crippen molar-refractivity contribution in [2.75, 3.05) is 0 Å². The largest absolute Gasteiger partial charge is 0.306 e. The summed E-state index contributed by atoms with van der Waals surface area (Å²) < 4.78 is 29.4. The van der Waals surface area contributed by atoms with E-state index in [9.17, 15) is 8.42 Å². The molecule has 7 heteroatoms. The van der Waals surface area contributed by atoms with Gasteiger partial charge in [0.1, 0.15) is 0 Å². The van der Waals surface area contributed by atoms with E-state index < -0.39 is 10.0 Å². The van der Waals surface area contributed by atoms with Crippen LogP contribution in [-0.4, -0.2) is 18.0 Å². The number of hydrogen-bond acceptors (Lipinski definition) is 3. The van der Waals surface area contributed by atoms with Crippen molar-refractivity contribution in [1.82, 2.24) is 14.3 Å². The zero-order chi connectivity index (χ0) is 17.2. The Bertz CT molecular complexity index is 923. The van der Waals surface area contributed by atoms with E-state index in [1.54, 1.807) is 31.6 Å². The van der Waals surface area contributed by atoms with Gasteiger partial charge in [-0.15, -0.1) is 0 Å². The van der Waals surface area contributed by atoms with Gasteiger partial charge in [0, 0.05) is 29.1 Å². The number of imidazole rings is 1. The van der Waals surface area contributed by atoms with Crippen LogP contribution in [0.4, 0.5) is 0 Å². The van der Waals surface area contributed by atoms with E-state index in [0.717, 1.165) is 11.3 Å². The molecular weight excluding hydrogens is 346 g/mol. The van der Waals surface area contributed by atoms with Gasteiger partial charge in [-0.05, 0) is 42.8 Å². The molecular formula is C17H16ClN3O2S. The van der Waals surface area contributed by atoms with Crippen LogP contribution in [-0.2, 0) is 10.0 Å². The van der Waals surface area contributed by atoms with Crippen LogP contribution in [0.25, 0.3) is 5.69 Å². The predicted octanol–water partition coefficient (Wildman–Crippen LogP) is 3.57. The molecule has 0 spiro atoms. The predicted molar refractivity (Wildman–Crippen MR) is 93.8 cm³/mol. The second-order valence-electron chi connectivity index (χ2n) is 5.36.